The average molecular weight is 456 g/mol. The first-order valence-corrected chi connectivity index (χ1v) is 11.1. The number of benzene rings is 2. The van der Waals surface area contributed by atoms with Gasteiger partial charge in [0.1, 0.15) is 17.3 Å². The van der Waals surface area contributed by atoms with Crippen LogP contribution in [0.4, 0.5) is 5.69 Å². The van der Waals surface area contributed by atoms with Crippen molar-refractivity contribution >= 4 is 35.2 Å². The van der Waals surface area contributed by atoms with Gasteiger partial charge in [0.25, 0.3) is 5.91 Å². The van der Waals surface area contributed by atoms with Gasteiger partial charge in [0.2, 0.25) is 0 Å². The minimum atomic E-state index is -1.01. The quantitative estimate of drug-likeness (QED) is 0.670. The second-order valence-corrected chi connectivity index (χ2v) is 8.54. The van der Waals surface area contributed by atoms with Gasteiger partial charge >= 0.3 is 5.97 Å². The van der Waals surface area contributed by atoms with E-state index in [4.69, 9.17) is 14.2 Å². The zero-order valence-electron chi connectivity index (χ0n) is 18.2. The van der Waals surface area contributed by atoms with Crippen molar-refractivity contribution in [3.8, 4) is 11.5 Å². The Balaban J connectivity index is 1.81. The van der Waals surface area contributed by atoms with Crippen molar-refractivity contribution in [3.63, 3.8) is 0 Å². The molecule has 2 atom stereocenters. The van der Waals surface area contributed by atoms with Crippen LogP contribution in [0.5, 0.6) is 11.5 Å². The number of thioether (sulfide) groups is 1. The predicted molar refractivity (Wildman–Crippen MR) is 123 cm³/mol. The van der Waals surface area contributed by atoms with Crippen LogP contribution in [0.3, 0.4) is 0 Å². The molecule has 2 heterocycles. The first-order valence-electron chi connectivity index (χ1n) is 10.2. The number of nitrogens with one attached hydrogen (secondary N) is 1. The molecule has 2 aromatic carbocycles. The lowest BCUT2D eigenvalue weighted by Gasteiger charge is -2.27. The number of esters is 1. The van der Waals surface area contributed by atoms with E-state index in [0.29, 0.717) is 18.0 Å². The van der Waals surface area contributed by atoms with Crippen molar-refractivity contribution in [2.75, 3.05) is 38.8 Å². The highest BCUT2D eigenvalue weighted by Crippen LogP contribution is 2.48. The van der Waals surface area contributed by atoms with Crippen LogP contribution in [0.2, 0.25) is 0 Å². The number of ether oxygens (including phenoxy) is 3. The van der Waals surface area contributed by atoms with Gasteiger partial charge in [-0.15, -0.1) is 11.8 Å². The van der Waals surface area contributed by atoms with E-state index in [-0.39, 0.29) is 12.5 Å². The van der Waals surface area contributed by atoms with E-state index in [0.717, 1.165) is 28.5 Å². The number of hydrogen-bond donors (Lipinski definition) is 1. The minimum Gasteiger partial charge on any atom is -0.497 e. The Labute approximate surface area is 190 Å². The van der Waals surface area contributed by atoms with Crippen LogP contribution in [0.1, 0.15) is 17.7 Å². The van der Waals surface area contributed by atoms with Crippen LogP contribution in [0.25, 0.3) is 0 Å². The molecule has 9 heteroatoms. The highest BCUT2D eigenvalue weighted by molar-refractivity contribution is 7.99. The zero-order valence-corrected chi connectivity index (χ0v) is 19.0. The number of methoxy groups -OCH3 is 2. The fourth-order valence-electron chi connectivity index (χ4n) is 3.73. The number of carbonyl (C=O) groups excluding carboxylic acids is 2. The van der Waals surface area contributed by atoms with Crippen molar-refractivity contribution < 1.29 is 23.8 Å². The lowest BCUT2D eigenvalue weighted by molar-refractivity contribution is -0.152. The lowest BCUT2D eigenvalue weighted by atomic mass is 10.1. The van der Waals surface area contributed by atoms with Crippen LogP contribution in [-0.4, -0.2) is 57.7 Å². The zero-order chi connectivity index (χ0) is 22.7. The smallest absolute Gasteiger partial charge is 0.303 e. The summed E-state index contributed by atoms with van der Waals surface area (Å²) in [6.45, 7) is 3.00. The van der Waals surface area contributed by atoms with Gasteiger partial charge in [-0.05, 0) is 35.9 Å². The molecule has 0 aromatic heterocycles. The highest BCUT2D eigenvalue weighted by atomic mass is 32.2. The second kappa shape index (κ2) is 9.52. The molecule has 0 unspecified atom stereocenters. The molecule has 4 rings (SSSR count). The summed E-state index contributed by atoms with van der Waals surface area (Å²) in [6.07, 6.45) is -1.01. The van der Waals surface area contributed by atoms with Crippen LogP contribution in [-0.2, 0) is 14.3 Å². The van der Waals surface area contributed by atoms with E-state index in [9.17, 15) is 9.59 Å². The van der Waals surface area contributed by atoms with Gasteiger partial charge in [-0.2, -0.15) is 0 Å². The molecule has 2 aromatic rings. The van der Waals surface area contributed by atoms with Crippen molar-refractivity contribution in [3.05, 3.63) is 48.0 Å². The minimum absolute atomic E-state index is 0.270. The largest absolute Gasteiger partial charge is 0.497 e. The summed E-state index contributed by atoms with van der Waals surface area (Å²) in [5.74, 6) is 1.31. The van der Waals surface area contributed by atoms with E-state index in [1.165, 1.54) is 18.7 Å². The number of fused-ring (bicyclic) bond motifs is 1. The molecule has 0 saturated heterocycles. The summed E-state index contributed by atoms with van der Waals surface area (Å²) in [7, 11) is 3.20. The van der Waals surface area contributed by atoms with Gasteiger partial charge in [-0.25, -0.2) is 0 Å². The summed E-state index contributed by atoms with van der Waals surface area (Å²) >= 11 is 1.47. The molecule has 1 N–H and O–H groups in total. The number of amidine groups is 1. The fraction of sp³-hybridized carbons (Fsp3) is 0.348. The Bertz CT molecular complexity index is 1040. The van der Waals surface area contributed by atoms with Gasteiger partial charge in [0.15, 0.2) is 6.10 Å². The molecule has 2 aliphatic rings. The first kappa shape index (κ1) is 22.0. The molecule has 0 bridgehead atoms. The highest BCUT2D eigenvalue weighted by Gasteiger charge is 2.41. The van der Waals surface area contributed by atoms with Crippen molar-refractivity contribution in [1.82, 2.24) is 5.32 Å². The maximum atomic E-state index is 13.8. The number of amides is 1. The molecule has 2 aliphatic heterocycles. The standard InChI is InChI=1S/C23H25N3O5S/c1-14(27)31-21-22(15-4-6-16(29-2)7-5-15)32-19-12-17(30-3)8-9-18(19)26(23(21)28)13-20-24-10-11-25-20/h4-9,12,21-22H,10-11,13H2,1-3H3,(H,24,25)/t21-,22+/m1/s1. The third-order valence-corrected chi connectivity index (χ3v) is 6.64. The maximum absolute atomic E-state index is 13.8. The number of rotatable bonds is 6. The molecule has 8 nitrogen and oxygen atoms in total. The number of hydrogen-bond acceptors (Lipinski definition) is 8. The van der Waals surface area contributed by atoms with Gasteiger partial charge < -0.3 is 24.4 Å². The molecule has 32 heavy (non-hydrogen) atoms. The Morgan fingerprint density at radius 1 is 1.16 bits per heavy atom. The number of anilines is 1. The monoisotopic (exact) mass is 455 g/mol. The molecule has 168 valence electrons. The Kier molecular flexibility index (Phi) is 6.55. The summed E-state index contributed by atoms with van der Waals surface area (Å²) in [5.41, 5.74) is 1.58. The lowest BCUT2D eigenvalue weighted by Crippen LogP contribution is -2.46. The summed E-state index contributed by atoms with van der Waals surface area (Å²) < 4.78 is 16.3. The SMILES string of the molecule is COc1ccc([C@@H]2Sc3cc(OC)ccc3N(CC3=NCCN3)C(=O)[C@@H]2OC(C)=O)cc1. The van der Waals surface area contributed by atoms with Crippen LogP contribution in [0.15, 0.2) is 52.4 Å². The second-order valence-electron chi connectivity index (χ2n) is 7.35. The fourth-order valence-corrected chi connectivity index (χ4v) is 5.08. The van der Waals surface area contributed by atoms with Gasteiger partial charge in [0.05, 0.1) is 38.2 Å². The Morgan fingerprint density at radius 2 is 1.88 bits per heavy atom. The summed E-state index contributed by atoms with van der Waals surface area (Å²) in [4.78, 5) is 32.7. The van der Waals surface area contributed by atoms with Crippen LogP contribution in [0, 0.1) is 0 Å². The summed E-state index contributed by atoms with van der Waals surface area (Å²) in [5, 5.41) is 2.76. The molecule has 1 amide bonds. The van der Waals surface area contributed by atoms with E-state index in [2.05, 4.69) is 10.3 Å². The van der Waals surface area contributed by atoms with E-state index in [1.54, 1.807) is 19.1 Å². The van der Waals surface area contributed by atoms with E-state index >= 15 is 0 Å². The topological polar surface area (TPSA) is 89.5 Å². The van der Waals surface area contributed by atoms with Crippen molar-refractivity contribution in [2.24, 2.45) is 4.99 Å². The average Bonchev–Trinajstić information content (AvgIpc) is 3.29. The molecule has 0 radical (unpaired) electrons. The molecule has 0 aliphatic carbocycles. The third kappa shape index (κ3) is 4.52. The number of aliphatic imine (C=N–C) groups is 1. The van der Waals surface area contributed by atoms with Crippen LogP contribution < -0.4 is 19.7 Å². The van der Waals surface area contributed by atoms with Crippen LogP contribution >= 0.6 is 11.8 Å². The number of carbonyl (C=O) groups is 2. The number of nitrogens with zero attached hydrogens (tertiary/aromatic N) is 2. The molecule has 0 fully saturated rings. The maximum Gasteiger partial charge on any atom is 0.303 e. The Hall–Kier alpha value is -3.20. The van der Waals surface area contributed by atoms with E-state index in [1.807, 2.05) is 42.5 Å². The third-order valence-electron chi connectivity index (χ3n) is 5.28. The van der Waals surface area contributed by atoms with Crippen molar-refractivity contribution in [1.29, 1.82) is 0 Å². The predicted octanol–water partition coefficient (Wildman–Crippen LogP) is 2.82. The van der Waals surface area contributed by atoms with Gasteiger partial charge in [-0.1, -0.05) is 12.1 Å². The first-order chi connectivity index (χ1) is 15.5. The molecule has 0 spiro atoms. The van der Waals surface area contributed by atoms with Gasteiger partial charge in [-0.3, -0.25) is 14.6 Å². The van der Waals surface area contributed by atoms with Crippen molar-refractivity contribution in [2.45, 2.75) is 23.2 Å². The molecule has 0 saturated carbocycles. The Morgan fingerprint density at radius 3 is 2.50 bits per heavy atom. The molecular weight excluding hydrogens is 430 g/mol. The van der Waals surface area contributed by atoms with Gasteiger partial charge in [0, 0.05) is 18.4 Å². The summed E-state index contributed by atoms with van der Waals surface area (Å²) in [6, 6.07) is 13.0. The molecular formula is C23H25N3O5S. The normalized spacial score (nSPS) is 20.0. The van der Waals surface area contributed by atoms with E-state index < -0.39 is 17.3 Å².